The Kier molecular flexibility index (Phi) is 10.1. The summed E-state index contributed by atoms with van der Waals surface area (Å²) in [5, 5.41) is 18.1. The molecule has 0 bridgehead atoms. The van der Waals surface area contributed by atoms with Gasteiger partial charge >= 0.3 is 7.12 Å². The molecule has 0 unspecified atom stereocenters. The van der Waals surface area contributed by atoms with Crippen molar-refractivity contribution in [1.29, 1.82) is 0 Å². The van der Waals surface area contributed by atoms with Crippen molar-refractivity contribution < 1.29 is 10.0 Å². The number of unbranched alkanes of at least 4 members (excludes halogenated alkanes) is 9. The highest BCUT2D eigenvalue weighted by atomic mass is 32.1. The van der Waals surface area contributed by atoms with Gasteiger partial charge in [0, 0.05) is 9.65 Å². The van der Waals surface area contributed by atoms with Gasteiger partial charge in [0.25, 0.3) is 0 Å². The molecule has 0 atom stereocenters. The van der Waals surface area contributed by atoms with Gasteiger partial charge in [-0.15, -0.1) is 11.3 Å². The molecular formula is C16H29BO2S. The van der Waals surface area contributed by atoms with Gasteiger partial charge in [0.15, 0.2) is 0 Å². The molecular weight excluding hydrogens is 267 g/mol. The minimum atomic E-state index is -1.30. The van der Waals surface area contributed by atoms with Crippen LogP contribution in [-0.2, 0) is 6.42 Å². The molecule has 114 valence electrons. The van der Waals surface area contributed by atoms with Gasteiger partial charge in [0.05, 0.1) is 0 Å². The molecule has 0 spiro atoms. The van der Waals surface area contributed by atoms with E-state index in [1.807, 2.05) is 12.1 Å². The van der Waals surface area contributed by atoms with E-state index in [9.17, 15) is 0 Å². The molecule has 0 radical (unpaired) electrons. The van der Waals surface area contributed by atoms with E-state index < -0.39 is 7.12 Å². The maximum atomic E-state index is 9.05. The van der Waals surface area contributed by atoms with Crippen LogP contribution in [0.5, 0.6) is 0 Å². The number of thiophene rings is 1. The zero-order valence-electron chi connectivity index (χ0n) is 12.8. The predicted molar refractivity (Wildman–Crippen MR) is 89.7 cm³/mol. The van der Waals surface area contributed by atoms with Crippen LogP contribution in [0.3, 0.4) is 0 Å². The lowest BCUT2D eigenvalue weighted by molar-refractivity contribution is 0.427. The Morgan fingerprint density at radius 3 is 1.90 bits per heavy atom. The van der Waals surface area contributed by atoms with Crippen molar-refractivity contribution in [3.63, 3.8) is 0 Å². The van der Waals surface area contributed by atoms with Crippen molar-refractivity contribution in [3.05, 3.63) is 17.0 Å². The van der Waals surface area contributed by atoms with Gasteiger partial charge in [0.2, 0.25) is 0 Å². The van der Waals surface area contributed by atoms with E-state index in [0.29, 0.717) is 4.78 Å². The van der Waals surface area contributed by atoms with Crippen molar-refractivity contribution >= 4 is 23.2 Å². The maximum Gasteiger partial charge on any atom is 0.499 e. The predicted octanol–water partition coefficient (Wildman–Crippen LogP) is 3.89. The molecule has 1 heterocycles. The van der Waals surface area contributed by atoms with Crippen molar-refractivity contribution in [2.45, 2.75) is 77.6 Å². The van der Waals surface area contributed by atoms with E-state index in [4.69, 9.17) is 10.0 Å². The fraction of sp³-hybridized carbons (Fsp3) is 0.750. The summed E-state index contributed by atoms with van der Waals surface area (Å²) in [5.41, 5.74) is 0. The summed E-state index contributed by atoms with van der Waals surface area (Å²) in [4.78, 5) is 1.27. The molecule has 0 aliphatic heterocycles. The second kappa shape index (κ2) is 11.4. The zero-order chi connectivity index (χ0) is 14.6. The summed E-state index contributed by atoms with van der Waals surface area (Å²) in [6.07, 6.45) is 14.7. The Bertz CT molecular complexity index is 339. The van der Waals surface area contributed by atoms with Crippen molar-refractivity contribution in [2.75, 3.05) is 0 Å². The van der Waals surface area contributed by atoms with Gasteiger partial charge in [0.1, 0.15) is 0 Å². The van der Waals surface area contributed by atoms with Crippen LogP contribution in [0.1, 0.15) is 76.0 Å². The first-order valence-corrected chi connectivity index (χ1v) is 9.00. The Hall–Kier alpha value is -0.315. The highest BCUT2D eigenvalue weighted by Crippen LogP contribution is 2.14. The second-order valence-electron chi connectivity index (χ2n) is 5.61. The average molecular weight is 296 g/mol. The minimum Gasteiger partial charge on any atom is -0.423 e. The minimum absolute atomic E-state index is 0.659. The lowest BCUT2D eigenvalue weighted by Crippen LogP contribution is -2.26. The van der Waals surface area contributed by atoms with Gasteiger partial charge in [-0.25, -0.2) is 0 Å². The van der Waals surface area contributed by atoms with Crippen LogP contribution in [0.2, 0.25) is 0 Å². The molecule has 0 aliphatic rings. The Morgan fingerprint density at radius 2 is 1.40 bits per heavy atom. The van der Waals surface area contributed by atoms with E-state index in [1.165, 1.54) is 80.4 Å². The van der Waals surface area contributed by atoms with Gasteiger partial charge in [-0.05, 0) is 18.9 Å². The molecule has 0 saturated carbocycles. The summed E-state index contributed by atoms with van der Waals surface area (Å²) in [5.74, 6) is 0. The molecule has 0 saturated heterocycles. The highest BCUT2D eigenvalue weighted by Gasteiger charge is 2.13. The fourth-order valence-corrected chi connectivity index (χ4v) is 3.38. The van der Waals surface area contributed by atoms with Crippen LogP contribution in [0.4, 0.5) is 0 Å². The number of hydrogen-bond donors (Lipinski definition) is 2. The lowest BCUT2D eigenvalue weighted by atomic mass is 9.90. The van der Waals surface area contributed by atoms with Crippen molar-refractivity contribution in [3.8, 4) is 0 Å². The van der Waals surface area contributed by atoms with Crippen molar-refractivity contribution in [1.82, 2.24) is 0 Å². The SMILES string of the molecule is CCCCCCCCCCCCc1ccc(B(O)O)s1. The Morgan fingerprint density at radius 1 is 0.850 bits per heavy atom. The van der Waals surface area contributed by atoms with Gasteiger partial charge in [-0.3, -0.25) is 0 Å². The molecule has 4 heteroatoms. The molecule has 20 heavy (non-hydrogen) atoms. The van der Waals surface area contributed by atoms with Gasteiger partial charge in [-0.2, -0.15) is 0 Å². The maximum absolute atomic E-state index is 9.05. The van der Waals surface area contributed by atoms with Gasteiger partial charge < -0.3 is 10.0 Å². The molecule has 0 fully saturated rings. The molecule has 2 nitrogen and oxygen atoms in total. The normalized spacial score (nSPS) is 10.9. The Balaban J connectivity index is 1.91. The summed E-state index contributed by atoms with van der Waals surface area (Å²) in [6, 6.07) is 3.84. The third-order valence-electron chi connectivity index (χ3n) is 3.71. The quantitative estimate of drug-likeness (QED) is 0.454. The van der Waals surface area contributed by atoms with E-state index in [-0.39, 0.29) is 0 Å². The van der Waals surface area contributed by atoms with E-state index in [1.54, 1.807) is 0 Å². The van der Waals surface area contributed by atoms with Crippen LogP contribution in [-0.4, -0.2) is 17.2 Å². The monoisotopic (exact) mass is 296 g/mol. The van der Waals surface area contributed by atoms with Crippen LogP contribution in [0, 0.1) is 0 Å². The molecule has 1 aromatic heterocycles. The third kappa shape index (κ3) is 8.08. The lowest BCUT2D eigenvalue weighted by Gasteiger charge is -2.02. The summed E-state index contributed by atoms with van der Waals surface area (Å²) in [6.45, 7) is 2.26. The van der Waals surface area contributed by atoms with Crippen LogP contribution in [0.25, 0.3) is 0 Å². The molecule has 2 N–H and O–H groups in total. The van der Waals surface area contributed by atoms with Crippen LogP contribution >= 0.6 is 11.3 Å². The standard InChI is InChI=1S/C16H29BO2S/c1-2-3-4-5-6-7-8-9-10-11-12-15-13-14-16(20-15)17(18)19/h13-14,18-19H,2-12H2,1H3. The van der Waals surface area contributed by atoms with Crippen LogP contribution < -0.4 is 4.78 Å². The molecule has 1 aromatic rings. The Labute approximate surface area is 128 Å². The average Bonchev–Trinajstić information content (AvgIpc) is 2.90. The van der Waals surface area contributed by atoms with E-state index in [0.717, 1.165) is 6.42 Å². The molecule has 1 rings (SSSR count). The molecule has 0 aromatic carbocycles. The third-order valence-corrected chi connectivity index (χ3v) is 4.90. The zero-order valence-corrected chi connectivity index (χ0v) is 13.6. The summed E-state index contributed by atoms with van der Waals surface area (Å²) in [7, 11) is -1.30. The van der Waals surface area contributed by atoms with Gasteiger partial charge in [-0.1, -0.05) is 70.8 Å². The first-order valence-electron chi connectivity index (χ1n) is 8.18. The molecule has 0 aliphatic carbocycles. The molecule has 0 amide bonds. The second-order valence-corrected chi connectivity index (χ2v) is 6.81. The van der Waals surface area contributed by atoms with E-state index >= 15 is 0 Å². The van der Waals surface area contributed by atoms with E-state index in [2.05, 4.69) is 6.92 Å². The van der Waals surface area contributed by atoms with Crippen molar-refractivity contribution in [2.24, 2.45) is 0 Å². The summed E-state index contributed by atoms with van der Waals surface area (Å²) >= 11 is 1.52. The smallest absolute Gasteiger partial charge is 0.423 e. The fourth-order valence-electron chi connectivity index (χ4n) is 2.45. The first kappa shape index (κ1) is 17.7. The number of hydrogen-bond acceptors (Lipinski definition) is 3. The number of rotatable bonds is 12. The first-order chi connectivity index (χ1) is 9.74. The topological polar surface area (TPSA) is 40.5 Å². The highest BCUT2D eigenvalue weighted by molar-refractivity contribution is 7.22. The number of aryl methyl sites for hydroxylation is 1. The largest absolute Gasteiger partial charge is 0.499 e. The van der Waals surface area contributed by atoms with Crippen LogP contribution in [0.15, 0.2) is 12.1 Å². The summed E-state index contributed by atoms with van der Waals surface area (Å²) < 4.78 is 0.659.